The van der Waals surface area contributed by atoms with Crippen molar-refractivity contribution >= 4 is 28.2 Å². The highest BCUT2D eigenvalue weighted by atomic mass is 16.5. The van der Waals surface area contributed by atoms with Crippen molar-refractivity contribution in [2.24, 2.45) is 0 Å². The van der Waals surface area contributed by atoms with E-state index in [1.54, 1.807) is 14.0 Å². The molecule has 1 amide bonds. The number of anilines is 2. The Morgan fingerprint density at radius 1 is 1.06 bits per heavy atom. The molecule has 0 atom stereocenters. The first-order chi connectivity index (χ1) is 15.1. The molecule has 6 heteroatoms. The summed E-state index contributed by atoms with van der Waals surface area (Å²) in [6, 6.07) is 14.4. The Kier molecular flexibility index (Phi) is 6.77. The number of benzene rings is 2. The van der Waals surface area contributed by atoms with Crippen molar-refractivity contribution in [3.8, 4) is 5.75 Å². The molecular formula is C25H32N4O2. The minimum Gasteiger partial charge on any atom is -0.497 e. The lowest BCUT2D eigenvalue weighted by Crippen LogP contribution is -2.46. The van der Waals surface area contributed by atoms with Gasteiger partial charge in [0.1, 0.15) is 5.75 Å². The first-order valence-electron chi connectivity index (χ1n) is 11.1. The quantitative estimate of drug-likeness (QED) is 0.534. The number of piperazine rings is 1. The molecular weight excluding hydrogens is 388 g/mol. The molecule has 0 aliphatic carbocycles. The van der Waals surface area contributed by atoms with Gasteiger partial charge in [0.05, 0.1) is 7.11 Å². The summed E-state index contributed by atoms with van der Waals surface area (Å²) in [7, 11) is 1.70. The molecule has 31 heavy (non-hydrogen) atoms. The molecule has 0 unspecified atom stereocenters. The van der Waals surface area contributed by atoms with Gasteiger partial charge in [-0.3, -0.25) is 9.69 Å². The predicted molar refractivity (Wildman–Crippen MR) is 127 cm³/mol. The molecule has 4 rings (SSSR count). The number of ether oxygens (including phenoxy) is 1. The Hall–Kier alpha value is -2.99. The summed E-state index contributed by atoms with van der Waals surface area (Å²) >= 11 is 0. The van der Waals surface area contributed by atoms with Crippen LogP contribution in [0, 0.1) is 0 Å². The number of carbonyl (C=O) groups is 1. The minimum atomic E-state index is -0.0384. The van der Waals surface area contributed by atoms with Crippen molar-refractivity contribution in [3.63, 3.8) is 0 Å². The Balaban J connectivity index is 1.22. The molecule has 2 N–H and O–H groups in total. The van der Waals surface area contributed by atoms with Crippen LogP contribution in [0.5, 0.6) is 5.75 Å². The van der Waals surface area contributed by atoms with E-state index in [-0.39, 0.29) is 5.91 Å². The fourth-order valence-corrected chi connectivity index (χ4v) is 4.34. The molecule has 1 aliphatic rings. The van der Waals surface area contributed by atoms with Crippen molar-refractivity contribution in [2.45, 2.75) is 26.2 Å². The van der Waals surface area contributed by atoms with Gasteiger partial charge in [-0.15, -0.1) is 0 Å². The van der Waals surface area contributed by atoms with Gasteiger partial charge in [-0.25, -0.2) is 0 Å². The summed E-state index contributed by atoms with van der Waals surface area (Å²) in [5, 5.41) is 4.08. The van der Waals surface area contributed by atoms with E-state index in [1.807, 2.05) is 24.3 Å². The molecule has 0 radical (unpaired) electrons. The predicted octanol–water partition coefficient (Wildman–Crippen LogP) is 4.28. The normalized spacial score (nSPS) is 14.7. The molecule has 0 spiro atoms. The fraction of sp³-hybridized carbons (Fsp3) is 0.400. The van der Waals surface area contributed by atoms with E-state index in [0.29, 0.717) is 0 Å². The van der Waals surface area contributed by atoms with Crippen LogP contribution in [0.3, 0.4) is 0 Å². The van der Waals surface area contributed by atoms with Crippen LogP contribution in [0.2, 0.25) is 0 Å². The second kappa shape index (κ2) is 9.88. The number of unbranched alkanes of at least 4 members (excludes halogenated alkanes) is 1. The zero-order valence-electron chi connectivity index (χ0n) is 18.5. The standard InChI is InChI=1S/C25H32N4O2/c1-19(30)27-21-6-11-25-24(17-21)20(18-26-25)5-3-4-12-28-13-15-29(16-14-28)22-7-9-23(31-2)10-8-22/h6-11,17-18,26H,3-5,12-16H2,1-2H3,(H,27,30). The summed E-state index contributed by atoms with van der Waals surface area (Å²) in [4.78, 5) is 19.7. The molecule has 1 aromatic heterocycles. The SMILES string of the molecule is COc1ccc(N2CCN(CCCCc3c[nH]c4ccc(NC(C)=O)cc34)CC2)cc1. The van der Waals surface area contributed by atoms with E-state index in [9.17, 15) is 4.79 Å². The molecule has 2 heterocycles. The highest BCUT2D eigenvalue weighted by molar-refractivity contribution is 5.93. The van der Waals surface area contributed by atoms with Gasteiger partial charge in [0.15, 0.2) is 0 Å². The number of hydrogen-bond donors (Lipinski definition) is 2. The number of H-pyrrole nitrogens is 1. The second-order valence-corrected chi connectivity index (χ2v) is 8.24. The highest BCUT2D eigenvalue weighted by Crippen LogP contribution is 2.24. The third-order valence-corrected chi connectivity index (χ3v) is 6.07. The Bertz CT molecular complexity index is 1000. The van der Waals surface area contributed by atoms with Crippen LogP contribution in [0.25, 0.3) is 10.9 Å². The monoisotopic (exact) mass is 420 g/mol. The van der Waals surface area contributed by atoms with Crippen LogP contribution in [0.4, 0.5) is 11.4 Å². The van der Waals surface area contributed by atoms with E-state index in [0.717, 1.165) is 62.5 Å². The van der Waals surface area contributed by atoms with Crippen LogP contribution in [-0.2, 0) is 11.2 Å². The first kappa shape index (κ1) is 21.2. The van der Waals surface area contributed by atoms with Crippen LogP contribution < -0.4 is 15.0 Å². The van der Waals surface area contributed by atoms with Gasteiger partial charge in [0, 0.05) is 61.6 Å². The van der Waals surface area contributed by atoms with E-state index >= 15 is 0 Å². The molecule has 3 aromatic rings. The fourth-order valence-electron chi connectivity index (χ4n) is 4.34. The van der Waals surface area contributed by atoms with Crippen LogP contribution >= 0.6 is 0 Å². The Morgan fingerprint density at radius 2 is 1.84 bits per heavy atom. The summed E-state index contributed by atoms with van der Waals surface area (Å²) in [5.74, 6) is 0.868. The van der Waals surface area contributed by atoms with Crippen molar-refractivity contribution < 1.29 is 9.53 Å². The number of aryl methyl sites for hydroxylation is 1. The summed E-state index contributed by atoms with van der Waals surface area (Å²) in [6.07, 6.45) is 5.52. The van der Waals surface area contributed by atoms with Gasteiger partial charge < -0.3 is 19.9 Å². The first-order valence-corrected chi connectivity index (χ1v) is 11.1. The number of fused-ring (bicyclic) bond motifs is 1. The lowest BCUT2D eigenvalue weighted by atomic mass is 10.1. The van der Waals surface area contributed by atoms with Crippen molar-refractivity contribution in [1.29, 1.82) is 0 Å². The van der Waals surface area contributed by atoms with E-state index < -0.39 is 0 Å². The number of nitrogens with zero attached hydrogens (tertiary/aromatic N) is 2. The average molecular weight is 421 g/mol. The third kappa shape index (κ3) is 5.39. The van der Waals surface area contributed by atoms with Crippen LogP contribution in [0.1, 0.15) is 25.3 Å². The number of amides is 1. The third-order valence-electron chi connectivity index (χ3n) is 6.07. The maximum absolute atomic E-state index is 11.3. The van der Waals surface area contributed by atoms with Crippen molar-refractivity contribution in [2.75, 3.05) is 50.1 Å². The largest absolute Gasteiger partial charge is 0.497 e. The van der Waals surface area contributed by atoms with E-state index in [1.165, 1.54) is 23.1 Å². The minimum absolute atomic E-state index is 0.0384. The topological polar surface area (TPSA) is 60.6 Å². The smallest absolute Gasteiger partial charge is 0.221 e. The molecule has 1 fully saturated rings. The number of carbonyl (C=O) groups excluding carboxylic acids is 1. The van der Waals surface area contributed by atoms with E-state index in [4.69, 9.17) is 4.74 Å². The number of aromatic nitrogens is 1. The van der Waals surface area contributed by atoms with E-state index in [2.05, 4.69) is 44.5 Å². The summed E-state index contributed by atoms with van der Waals surface area (Å²) in [6.45, 7) is 7.05. The number of aromatic amines is 1. The lowest BCUT2D eigenvalue weighted by Gasteiger charge is -2.36. The molecule has 1 aliphatic heterocycles. The lowest BCUT2D eigenvalue weighted by molar-refractivity contribution is -0.114. The van der Waals surface area contributed by atoms with Crippen LogP contribution in [0.15, 0.2) is 48.7 Å². The molecule has 0 bridgehead atoms. The molecule has 1 saturated heterocycles. The van der Waals surface area contributed by atoms with Gasteiger partial charge in [0.25, 0.3) is 0 Å². The summed E-state index contributed by atoms with van der Waals surface area (Å²) in [5.41, 5.74) is 4.58. The Morgan fingerprint density at radius 3 is 2.55 bits per heavy atom. The molecule has 164 valence electrons. The number of nitrogens with one attached hydrogen (secondary N) is 2. The van der Waals surface area contributed by atoms with Gasteiger partial charge in [-0.05, 0) is 73.8 Å². The number of hydrogen-bond acceptors (Lipinski definition) is 4. The zero-order chi connectivity index (χ0) is 21.6. The van der Waals surface area contributed by atoms with Gasteiger partial charge in [-0.2, -0.15) is 0 Å². The molecule has 6 nitrogen and oxygen atoms in total. The van der Waals surface area contributed by atoms with Gasteiger partial charge in [0.2, 0.25) is 5.91 Å². The second-order valence-electron chi connectivity index (χ2n) is 8.24. The van der Waals surface area contributed by atoms with Crippen molar-refractivity contribution in [1.82, 2.24) is 9.88 Å². The van der Waals surface area contributed by atoms with Gasteiger partial charge in [-0.1, -0.05) is 0 Å². The maximum Gasteiger partial charge on any atom is 0.221 e. The molecule has 2 aromatic carbocycles. The Labute approximate surface area is 184 Å². The number of rotatable bonds is 8. The summed E-state index contributed by atoms with van der Waals surface area (Å²) < 4.78 is 5.25. The number of methoxy groups -OCH3 is 1. The zero-order valence-corrected chi connectivity index (χ0v) is 18.5. The van der Waals surface area contributed by atoms with Crippen molar-refractivity contribution in [3.05, 3.63) is 54.2 Å². The highest BCUT2D eigenvalue weighted by Gasteiger charge is 2.17. The molecule has 0 saturated carbocycles. The van der Waals surface area contributed by atoms with Gasteiger partial charge >= 0.3 is 0 Å². The average Bonchev–Trinajstić information content (AvgIpc) is 3.19. The maximum atomic E-state index is 11.3. The van der Waals surface area contributed by atoms with Crippen LogP contribution in [-0.4, -0.2) is 55.6 Å².